The van der Waals surface area contributed by atoms with Gasteiger partial charge in [-0.2, -0.15) is 0 Å². The summed E-state index contributed by atoms with van der Waals surface area (Å²) in [7, 11) is 0. The van der Waals surface area contributed by atoms with Gasteiger partial charge < -0.3 is 9.47 Å². The summed E-state index contributed by atoms with van der Waals surface area (Å²) in [6.45, 7) is 8.45. The number of likely N-dealkylation sites (tertiary alicyclic amines) is 1. The van der Waals surface area contributed by atoms with Gasteiger partial charge in [-0.25, -0.2) is 4.39 Å². The van der Waals surface area contributed by atoms with Gasteiger partial charge in [0.05, 0.1) is 5.92 Å². The van der Waals surface area contributed by atoms with Crippen molar-refractivity contribution in [1.29, 1.82) is 0 Å². The molecule has 2 aromatic rings. The Morgan fingerprint density at radius 1 is 1.22 bits per heavy atom. The summed E-state index contributed by atoms with van der Waals surface area (Å²) >= 11 is 0. The molecule has 0 N–H and O–H groups in total. The second-order valence-electron chi connectivity index (χ2n) is 9.74. The third kappa shape index (κ3) is 3.71. The van der Waals surface area contributed by atoms with Crippen LogP contribution in [0.25, 0.3) is 0 Å². The minimum atomic E-state index is -0.261. The summed E-state index contributed by atoms with van der Waals surface area (Å²) in [5.74, 6) is 0.585. The van der Waals surface area contributed by atoms with Gasteiger partial charge in [0.2, 0.25) is 0 Å². The van der Waals surface area contributed by atoms with E-state index in [2.05, 4.69) is 24.8 Å². The highest BCUT2D eigenvalue weighted by Gasteiger charge is 2.49. The lowest BCUT2D eigenvalue weighted by molar-refractivity contribution is -0.145. The van der Waals surface area contributed by atoms with Crippen molar-refractivity contribution >= 4 is 5.97 Å². The first-order valence-electron chi connectivity index (χ1n) is 11.9. The molecule has 0 bridgehead atoms. The first-order chi connectivity index (χ1) is 15.4. The number of nitrogens with zero attached hydrogens (tertiary/aromatic N) is 1. The Labute approximate surface area is 189 Å². The largest absolute Gasteiger partial charge is 0.489 e. The molecule has 2 aliphatic heterocycles. The molecule has 5 rings (SSSR count). The molecule has 0 radical (unpaired) electrons. The minimum absolute atomic E-state index is 0.0540. The lowest BCUT2D eigenvalue weighted by atomic mass is 9.74. The fraction of sp³-hybridized carbons (Fsp3) is 0.519. The number of aryl methyl sites for hydroxylation is 1. The zero-order chi connectivity index (χ0) is 22.4. The number of esters is 1. The summed E-state index contributed by atoms with van der Waals surface area (Å²) in [5, 5.41) is 0. The van der Waals surface area contributed by atoms with E-state index in [1.165, 1.54) is 24.5 Å². The number of halogens is 1. The molecular weight excluding hydrogens is 405 g/mol. The first kappa shape index (κ1) is 21.4. The summed E-state index contributed by atoms with van der Waals surface area (Å²) in [6.07, 6.45) is 4.15. The second kappa shape index (κ2) is 8.51. The molecule has 32 heavy (non-hydrogen) atoms. The highest BCUT2D eigenvalue weighted by molar-refractivity contribution is 5.76. The lowest BCUT2D eigenvalue weighted by Gasteiger charge is -2.33. The number of benzene rings is 2. The van der Waals surface area contributed by atoms with E-state index >= 15 is 0 Å². The fourth-order valence-electron chi connectivity index (χ4n) is 5.95. The van der Waals surface area contributed by atoms with E-state index in [0.29, 0.717) is 11.6 Å². The average molecular weight is 438 g/mol. The van der Waals surface area contributed by atoms with Crippen LogP contribution in [0, 0.1) is 31.5 Å². The van der Waals surface area contributed by atoms with E-state index in [0.717, 1.165) is 48.4 Å². The summed E-state index contributed by atoms with van der Waals surface area (Å²) in [6, 6.07) is 9.29. The smallest absolute Gasteiger partial charge is 0.311 e. The number of carbonyl (C=O) groups is 1. The van der Waals surface area contributed by atoms with E-state index in [9.17, 15) is 9.18 Å². The van der Waals surface area contributed by atoms with Crippen molar-refractivity contribution in [2.45, 2.75) is 65.2 Å². The van der Waals surface area contributed by atoms with E-state index in [1.807, 2.05) is 13.0 Å². The van der Waals surface area contributed by atoms with Gasteiger partial charge in [-0.1, -0.05) is 18.2 Å². The van der Waals surface area contributed by atoms with Crippen LogP contribution in [-0.4, -0.2) is 30.0 Å². The van der Waals surface area contributed by atoms with Gasteiger partial charge in [0.1, 0.15) is 24.3 Å². The van der Waals surface area contributed by atoms with Crippen LogP contribution in [0.1, 0.15) is 60.1 Å². The standard InChI is InChI=1S/C27H32FNO3/c1-16-13-24(31-15-19-8-4-5-9-23(19)28)18(3)25-20(16)10-11-21-22(27(30)32-26(21)25)14-29-12-6-7-17(29)2/h4-5,8-9,13,17,21-22,26H,6-7,10-12,14-15H2,1-3H3/t17-,21-,22?,26+/m0/s1. The Kier molecular flexibility index (Phi) is 5.70. The zero-order valence-corrected chi connectivity index (χ0v) is 19.2. The Morgan fingerprint density at radius 2 is 2.03 bits per heavy atom. The summed E-state index contributed by atoms with van der Waals surface area (Å²) in [4.78, 5) is 15.4. The maximum Gasteiger partial charge on any atom is 0.311 e. The van der Waals surface area contributed by atoms with Crippen LogP contribution in [0.2, 0.25) is 0 Å². The molecule has 1 unspecified atom stereocenters. The Hall–Kier alpha value is -2.40. The number of ether oxygens (including phenoxy) is 2. The molecule has 5 heteroatoms. The number of fused-ring (bicyclic) bond motifs is 3. The van der Waals surface area contributed by atoms with Crippen LogP contribution < -0.4 is 4.74 Å². The molecule has 4 nitrogen and oxygen atoms in total. The molecule has 0 saturated carbocycles. The fourth-order valence-corrected chi connectivity index (χ4v) is 5.95. The third-order valence-corrected chi connectivity index (χ3v) is 7.85. The Balaban J connectivity index is 1.41. The molecule has 2 aromatic carbocycles. The van der Waals surface area contributed by atoms with Crippen LogP contribution in [0.4, 0.5) is 4.39 Å². The van der Waals surface area contributed by atoms with Gasteiger partial charge in [0, 0.05) is 29.6 Å². The SMILES string of the molecule is Cc1cc(OCc2ccccc2F)c(C)c2c1CC[C@H]1C(CN3CCC[C@@H]3C)C(=O)O[C@@H]21. The van der Waals surface area contributed by atoms with Crippen LogP contribution >= 0.6 is 0 Å². The molecule has 0 amide bonds. The predicted molar refractivity (Wildman–Crippen MR) is 121 cm³/mol. The van der Waals surface area contributed by atoms with Crippen molar-refractivity contribution in [3.8, 4) is 5.75 Å². The van der Waals surface area contributed by atoms with Gasteiger partial charge in [-0.15, -0.1) is 0 Å². The quantitative estimate of drug-likeness (QED) is 0.597. The molecule has 3 aliphatic rings. The maximum absolute atomic E-state index is 14.1. The van der Waals surface area contributed by atoms with Crippen LogP contribution in [0.3, 0.4) is 0 Å². The van der Waals surface area contributed by atoms with Crippen molar-refractivity contribution in [3.63, 3.8) is 0 Å². The molecule has 2 saturated heterocycles. The van der Waals surface area contributed by atoms with E-state index < -0.39 is 0 Å². The zero-order valence-electron chi connectivity index (χ0n) is 19.2. The minimum Gasteiger partial charge on any atom is -0.489 e. The lowest BCUT2D eigenvalue weighted by Crippen LogP contribution is -2.37. The molecule has 4 atom stereocenters. The van der Waals surface area contributed by atoms with Crippen LogP contribution in [-0.2, 0) is 22.6 Å². The van der Waals surface area contributed by atoms with Crippen LogP contribution in [0.15, 0.2) is 30.3 Å². The van der Waals surface area contributed by atoms with Crippen molar-refractivity contribution in [2.75, 3.05) is 13.1 Å². The monoisotopic (exact) mass is 437 g/mol. The van der Waals surface area contributed by atoms with Crippen molar-refractivity contribution in [1.82, 2.24) is 4.90 Å². The van der Waals surface area contributed by atoms with Crippen molar-refractivity contribution < 1.29 is 18.7 Å². The molecule has 170 valence electrons. The Morgan fingerprint density at radius 3 is 2.78 bits per heavy atom. The Bertz CT molecular complexity index is 1040. The normalized spacial score (nSPS) is 27.2. The highest BCUT2D eigenvalue weighted by Crippen LogP contribution is 2.50. The van der Waals surface area contributed by atoms with Gasteiger partial charge in [-0.3, -0.25) is 9.69 Å². The molecule has 2 fully saturated rings. The summed E-state index contributed by atoms with van der Waals surface area (Å²) < 4.78 is 26.2. The molecule has 1 aliphatic carbocycles. The maximum atomic E-state index is 14.1. The van der Waals surface area contributed by atoms with Gasteiger partial charge in [-0.05, 0) is 81.8 Å². The summed E-state index contributed by atoms with van der Waals surface area (Å²) in [5.41, 5.74) is 5.10. The van der Waals surface area contributed by atoms with Gasteiger partial charge >= 0.3 is 5.97 Å². The number of carbonyl (C=O) groups excluding carboxylic acids is 1. The highest BCUT2D eigenvalue weighted by atomic mass is 19.1. The van der Waals surface area contributed by atoms with E-state index in [1.54, 1.807) is 12.1 Å². The molecular formula is C27H32FNO3. The van der Waals surface area contributed by atoms with E-state index in [4.69, 9.17) is 9.47 Å². The number of hydrogen-bond donors (Lipinski definition) is 0. The van der Waals surface area contributed by atoms with Crippen LogP contribution in [0.5, 0.6) is 5.75 Å². The third-order valence-electron chi connectivity index (χ3n) is 7.85. The first-order valence-corrected chi connectivity index (χ1v) is 11.9. The molecule has 0 spiro atoms. The van der Waals surface area contributed by atoms with E-state index in [-0.39, 0.29) is 36.3 Å². The van der Waals surface area contributed by atoms with Crippen molar-refractivity contribution in [3.05, 3.63) is 64.0 Å². The second-order valence-corrected chi connectivity index (χ2v) is 9.74. The van der Waals surface area contributed by atoms with Gasteiger partial charge in [0.15, 0.2) is 0 Å². The molecule has 0 aromatic heterocycles. The molecule has 2 heterocycles. The van der Waals surface area contributed by atoms with Crippen molar-refractivity contribution in [2.24, 2.45) is 11.8 Å². The predicted octanol–water partition coefficient (Wildman–Crippen LogP) is 5.28. The topological polar surface area (TPSA) is 38.8 Å². The van der Waals surface area contributed by atoms with Gasteiger partial charge in [0.25, 0.3) is 0 Å². The number of hydrogen-bond acceptors (Lipinski definition) is 4. The number of rotatable bonds is 5. The average Bonchev–Trinajstić information content (AvgIpc) is 3.33.